The molecule has 3 aromatic rings. The maximum absolute atomic E-state index is 13.3. The number of H-pyrrole nitrogens is 1. The molecule has 0 radical (unpaired) electrons. The second kappa shape index (κ2) is 7.79. The quantitative estimate of drug-likeness (QED) is 0.690. The molecule has 1 aliphatic heterocycles. The first-order valence-corrected chi connectivity index (χ1v) is 9.40. The Balaban J connectivity index is 1.63. The molecule has 0 saturated carbocycles. The summed E-state index contributed by atoms with van der Waals surface area (Å²) in [6, 6.07) is 12.1. The monoisotopic (exact) mass is 391 g/mol. The number of ether oxygens (including phenoxy) is 1. The predicted molar refractivity (Wildman–Crippen MR) is 107 cm³/mol. The number of rotatable bonds is 5. The normalized spacial score (nSPS) is 16.0. The standard InChI is InChI=1S/C22H21N3O4/c1-29-20-11-15(7-8-18(20)17-12-23-24-13-17)21(26)25-9-3-6-19(25)14-4-2-5-16(10-14)22(27)28/h2,4-5,7-8,10-13,19H,3,6,9H2,1H3,(H,23,24)(H,27,28)/t19-/m1/s1. The number of likely N-dealkylation sites (tertiary alicyclic amines) is 1. The van der Waals surface area contributed by atoms with Crippen molar-refractivity contribution in [1.82, 2.24) is 15.1 Å². The fourth-order valence-corrected chi connectivity index (χ4v) is 3.86. The zero-order valence-electron chi connectivity index (χ0n) is 16.0. The van der Waals surface area contributed by atoms with Gasteiger partial charge in [0.15, 0.2) is 0 Å². The van der Waals surface area contributed by atoms with Crippen molar-refractivity contribution < 1.29 is 19.4 Å². The highest BCUT2D eigenvalue weighted by Gasteiger charge is 2.31. The van der Waals surface area contributed by atoms with Crippen molar-refractivity contribution in [3.05, 3.63) is 71.5 Å². The topological polar surface area (TPSA) is 95.5 Å². The minimum Gasteiger partial charge on any atom is -0.496 e. The third kappa shape index (κ3) is 3.59. The van der Waals surface area contributed by atoms with Crippen LogP contribution < -0.4 is 4.74 Å². The molecule has 0 spiro atoms. The highest BCUT2D eigenvalue weighted by Crippen LogP contribution is 2.35. The first-order chi connectivity index (χ1) is 14.1. The Labute approximate surface area is 167 Å². The zero-order valence-corrected chi connectivity index (χ0v) is 16.0. The number of aromatic nitrogens is 2. The molecule has 1 atom stereocenters. The predicted octanol–water partition coefficient (Wildman–Crippen LogP) is 3.76. The Morgan fingerprint density at radius 3 is 2.79 bits per heavy atom. The van der Waals surface area contributed by atoms with Crippen LogP contribution in [0.3, 0.4) is 0 Å². The van der Waals surface area contributed by atoms with Gasteiger partial charge in [0, 0.05) is 29.4 Å². The fraction of sp³-hybridized carbons (Fsp3) is 0.227. The van der Waals surface area contributed by atoms with E-state index in [1.807, 2.05) is 17.0 Å². The lowest BCUT2D eigenvalue weighted by Gasteiger charge is -2.26. The number of nitrogens with zero attached hydrogens (tertiary/aromatic N) is 2. The number of hydrogen-bond acceptors (Lipinski definition) is 4. The van der Waals surface area contributed by atoms with Gasteiger partial charge in [0.2, 0.25) is 0 Å². The Bertz CT molecular complexity index is 1050. The largest absolute Gasteiger partial charge is 0.496 e. The van der Waals surface area contributed by atoms with E-state index in [-0.39, 0.29) is 17.5 Å². The maximum Gasteiger partial charge on any atom is 0.335 e. The van der Waals surface area contributed by atoms with Gasteiger partial charge >= 0.3 is 5.97 Å². The van der Waals surface area contributed by atoms with Gasteiger partial charge in [-0.2, -0.15) is 5.10 Å². The summed E-state index contributed by atoms with van der Waals surface area (Å²) in [5.74, 6) is -0.464. The van der Waals surface area contributed by atoms with Crippen LogP contribution in [-0.2, 0) is 0 Å². The molecule has 0 unspecified atom stereocenters. The van der Waals surface area contributed by atoms with Crippen LogP contribution in [0.2, 0.25) is 0 Å². The van der Waals surface area contributed by atoms with Gasteiger partial charge in [-0.25, -0.2) is 4.79 Å². The van der Waals surface area contributed by atoms with E-state index in [2.05, 4.69) is 10.2 Å². The van der Waals surface area contributed by atoms with Crippen molar-refractivity contribution in [1.29, 1.82) is 0 Å². The Morgan fingerprint density at radius 2 is 2.07 bits per heavy atom. The summed E-state index contributed by atoms with van der Waals surface area (Å²) in [6.45, 7) is 0.632. The Morgan fingerprint density at radius 1 is 1.21 bits per heavy atom. The summed E-state index contributed by atoms with van der Waals surface area (Å²) in [4.78, 5) is 26.4. The van der Waals surface area contributed by atoms with Gasteiger partial charge in [0.1, 0.15) is 5.75 Å². The SMILES string of the molecule is COc1cc(C(=O)N2CCC[C@@H]2c2cccc(C(=O)O)c2)ccc1-c1cn[nH]c1. The number of carboxylic acids is 1. The van der Waals surface area contributed by atoms with Crippen LogP contribution in [0.25, 0.3) is 11.1 Å². The maximum atomic E-state index is 13.3. The fourth-order valence-electron chi connectivity index (χ4n) is 3.86. The van der Waals surface area contributed by atoms with Gasteiger partial charge in [0.25, 0.3) is 5.91 Å². The summed E-state index contributed by atoms with van der Waals surface area (Å²) in [7, 11) is 1.57. The van der Waals surface area contributed by atoms with E-state index < -0.39 is 5.97 Å². The second-order valence-corrected chi connectivity index (χ2v) is 6.99. The smallest absolute Gasteiger partial charge is 0.335 e. The summed E-state index contributed by atoms with van der Waals surface area (Å²) in [6.07, 6.45) is 5.15. The molecule has 148 valence electrons. The van der Waals surface area contributed by atoms with Gasteiger partial charge < -0.3 is 14.7 Å². The molecule has 0 bridgehead atoms. The van der Waals surface area contributed by atoms with Crippen LogP contribution in [-0.4, -0.2) is 45.7 Å². The minimum absolute atomic E-state index is 0.0923. The molecule has 1 fully saturated rings. The zero-order chi connectivity index (χ0) is 20.4. The summed E-state index contributed by atoms with van der Waals surface area (Å²) < 4.78 is 5.50. The van der Waals surface area contributed by atoms with E-state index in [4.69, 9.17) is 4.74 Å². The molecule has 29 heavy (non-hydrogen) atoms. The highest BCUT2D eigenvalue weighted by atomic mass is 16.5. The molecule has 4 rings (SSSR count). The Hall–Kier alpha value is -3.61. The number of hydrogen-bond donors (Lipinski definition) is 2. The van der Waals surface area contributed by atoms with Gasteiger partial charge in [-0.1, -0.05) is 12.1 Å². The number of methoxy groups -OCH3 is 1. The number of aromatic carboxylic acids is 1. The molecule has 2 aromatic carbocycles. The van der Waals surface area contributed by atoms with Crippen molar-refractivity contribution >= 4 is 11.9 Å². The van der Waals surface area contributed by atoms with Crippen molar-refractivity contribution in [3.63, 3.8) is 0 Å². The molecule has 7 heteroatoms. The first-order valence-electron chi connectivity index (χ1n) is 9.40. The van der Waals surface area contributed by atoms with E-state index in [0.29, 0.717) is 17.9 Å². The number of aromatic amines is 1. The molecule has 1 aromatic heterocycles. The molecular formula is C22H21N3O4. The molecule has 2 N–H and O–H groups in total. The molecule has 1 amide bonds. The highest BCUT2D eigenvalue weighted by molar-refractivity contribution is 5.96. The van der Waals surface area contributed by atoms with Crippen molar-refractivity contribution in [2.24, 2.45) is 0 Å². The lowest BCUT2D eigenvalue weighted by atomic mass is 10.0. The number of carbonyl (C=O) groups excluding carboxylic acids is 1. The van der Waals surface area contributed by atoms with Crippen LogP contribution in [0.15, 0.2) is 54.9 Å². The third-order valence-electron chi connectivity index (χ3n) is 5.29. The number of carbonyl (C=O) groups is 2. The van der Waals surface area contributed by atoms with Crippen LogP contribution >= 0.6 is 0 Å². The Kier molecular flexibility index (Phi) is 5.03. The average Bonchev–Trinajstić information content (AvgIpc) is 3.45. The lowest BCUT2D eigenvalue weighted by molar-refractivity contribution is 0.0696. The van der Waals surface area contributed by atoms with E-state index in [0.717, 1.165) is 29.5 Å². The first kappa shape index (κ1) is 18.7. The molecule has 1 aliphatic rings. The van der Waals surface area contributed by atoms with E-state index in [9.17, 15) is 14.7 Å². The summed E-state index contributed by atoms with van der Waals surface area (Å²) in [5, 5.41) is 16.0. The molecular weight excluding hydrogens is 370 g/mol. The average molecular weight is 391 g/mol. The minimum atomic E-state index is -0.970. The third-order valence-corrected chi connectivity index (χ3v) is 5.29. The van der Waals surface area contributed by atoms with Gasteiger partial charge in [0.05, 0.1) is 24.9 Å². The van der Waals surface area contributed by atoms with Crippen molar-refractivity contribution in [2.75, 3.05) is 13.7 Å². The van der Waals surface area contributed by atoms with Crippen LogP contribution in [0.4, 0.5) is 0 Å². The van der Waals surface area contributed by atoms with Crippen LogP contribution in [0.5, 0.6) is 5.75 Å². The number of nitrogens with one attached hydrogen (secondary N) is 1. The van der Waals surface area contributed by atoms with Crippen molar-refractivity contribution in [2.45, 2.75) is 18.9 Å². The number of amides is 1. The van der Waals surface area contributed by atoms with Gasteiger partial charge in [-0.05, 0) is 48.7 Å². The van der Waals surface area contributed by atoms with Crippen LogP contribution in [0, 0.1) is 0 Å². The van der Waals surface area contributed by atoms with Gasteiger partial charge in [-0.3, -0.25) is 9.89 Å². The summed E-state index contributed by atoms with van der Waals surface area (Å²) in [5.41, 5.74) is 3.34. The lowest BCUT2D eigenvalue weighted by Crippen LogP contribution is -2.30. The van der Waals surface area contributed by atoms with E-state index >= 15 is 0 Å². The van der Waals surface area contributed by atoms with E-state index in [1.54, 1.807) is 49.8 Å². The summed E-state index contributed by atoms with van der Waals surface area (Å²) >= 11 is 0. The molecule has 0 aliphatic carbocycles. The molecule has 2 heterocycles. The number of benzene rings is 2. The second-order valence-electron chi connectivity index (χ2n) is 6.99. The van der Waals surface area contributed by atoms with Gasteiger partial charge in [-0.15, -0.1) is 0 Å². The van der Waals surface area contributed by atoms with E-state index in [1.165, 1.54) is 0 Å². The number of carboxylic acid groups (broad SMARTS) is 1. The molecule has 7 nitrogen and oxygen atoms in total. The van der Waals surface area contributed by atoms with Crippen LogP contribution in [0.1, 0.15) is 45.2 Å². The van der Waals surface area contributed by atoms with Crippen molar-refractivity contribution in [3.8, 4) is 16.9 Å². The molecule has 1 saturated heterocycles.